The van der Waals surface area contributed by atoms with Crippen molar-refractivity contribution in [2.75, 3.05) is 20.6 Å². The fourth-order valence-electron chi connectivity index (χ4n) is 1.79. The van der Waals surface area contributed by atoms with Gasteiger partial charge in [0.1, 0.15) is 0 Å². The van der Waals surface area contributed by atoms with Gasteiger partial charge in [-0.15, -0.1) is 0 Å². The van der Waals surface area contributed by atoms with Gasteiger partial charge in [-0.1, -0.05) is 29.3 Å². The van der Waals surface area contributed by atoms with Crippen molar-refractivity contribution < 1.29 is 0 Å². The van der Waals surface area contributed by atoms with E-state index in [1.807, 2.05) is 0 Å². The Hall–Kier alpha value is -0.860. The summed E-state index contributed by atoms with van der Waals surface area (Å²) in [5, 5.41) is 0. The van der Waals surface area contributed by atoms with Crippen LogP contribution in [0.25, 0.3) is 0 Å². The van der Waals surface area contributed by atoms with Crippen molar-refractivity contribution in [1.29, 1.82) is 0 Å². The van der Waals surface area contributed by atoms with Crippen LogP contribution in [0.2, 0.25) is 0 Å². The van der Waals surface area contributed by atoms with Crippen LogP contribution < -0.4 is 5.73 Å². The average molecular weight is 206 g/mol. The van der Waals surface area contributed by atoms with Crippen molar-refractivity contribution in [3.8, 4) is 0 Å². The van der Waals surface area contributed by atoms with Gasteiger partial charge in [-0.3, -0.25) is 0 Å². The van der Waals surface area contributed by atoms with Gasteiger partial charge in [-0.25, -0.2) is 0 Å². The Labute approximate surface area is 93.1 Å². The standard InChI is InChI=1S/C13H22N2/c1-10-7-11(2)9-12(8-10)13(14)5-6-15(3)4/h7-9,13H,5-6,14H2,1-4H3. The zero-order valence-corrected chi connectivity index (χ0v) is 10.2. The second-order valence-corrected chi connectivity index (χ2v) is 4.62. The number of nitrogens with two attached hydrogens (primary N) is 1. The van der Waals surface area contributed by atoms with E-state index in [1.54, 1.807) is 0 Å². The van der Waals surface area contributed by atoms with E-state index in [0.29, 0.717) is 0 Å². The smallest absolute Gasteiger partial charge is 0.0307 e. The van der Waals surface area contributed by atoms with E-state index in [4.69, 9.17) is 5.73 Å². The van der Waals surface area contributed by atoms with Crippen LogP contribution in [0.5, 0.6) is 0 Å². The minimum absolute atomic E-state index is 0.158. The van der Waals surface area contributed by atoms with E-state index in [1.165, 1.54) is 16.7 Å². The SMILES string of the molecule is Cc1cc(C)cc(C(N)CCN(C)C)c1. The van der Waals surface area contributed by atoms with Crippen LogP contribution in [0.1, 0.15) is 29.2 Å². The molecule has 0 saturated carbocycles. The van der Waals surface area contributed by atoms with Gasteiger partial charge in [-0.05, 0) is 46.5 Å². The van der Waals surface area contributed by atoms with Gasteiger partial charge in [0.25, 0.3) is 0 Å². The lowest BCUT2D eigenvalue weighted by Crippen LogP contribution is -2.20. The van der Waals surface area contributed by atoms with Crippen molar-refractivity contribution in [3.63, 3.8) is 0 Å². The van der Waals surface area contributed by atoms with E-state index in [2.05, 4.69) is 51.0 Å². The Bertz CT molecular complexity index is 298. The third kappa shape index (κ3) is 4.02. The molecule has 0 heterocycles. The zero-order chi connectivity index (χ0) is 11.4. The van der Waals surface area contributed by atoms with Gasteiger partial charge < -0.3 is 10.6 Å². The summed E-state index contributed by atoms with van der Waals surface area (Å²) < 4.78 is 0. The third-order valence-corrected chi connectivity index (χ3v) is 2.56. The Balaban J connectivity index is 2.68. The second kappa shape index (κ2) is 5.29. The maximum atomic E-state index is 6.15. The molecule has 0 spiro atoms. The van der Waals surface area contributed by atoms with Crippen LogP contribution >= 0.6 is 0 Å². The minimum Gasteiger partial charge on any atom is -0.324 e. The molecule has 0 fully saturated rings. The fraction of sp³-hybridized carbons (Fsp3) is 0.538. The minimum atomic E-state index is 0.158. The molecule has 1 aromatic carbocycles. The molecule has 2 nitrogen and oxygen atoms in total. The summed E-state index contributed by atoms with van der Waals surface area (Å²) in [4.78, 5) is 2.17. The molecule has 2 N–H and O–H groups in total. The summed E-state index contributed by atoms with van der Waals surface area (Å²) in [7, 11) is 4.16. The number of benzene rings is 1. The summed E-state index contributed by atoms with van der Waals surface area (Å²) >= 11 is 0. The molecule has 1 aromatic rings. The Morgan fingerprint density at radius 3 is 2.13 bits per heavy atom. The molecule has 2 heteroatoms. The maximum absolute atomic E-state index is 6.15. The van der Waals surface area contributed by atoms with Crippen molar-refractivity contribution in [1.82, 2.24) is 4.90 Å². The van der Waals surface area contributed by atoms with Crippen molar-refractivity contribution in [2.24, 2.45) is 5.73 Å². The van der Waals surface area contributed by atoms with E-state index < -0.39 is 0 Å². The molecule has 0 saturated heterocycles. The van der Waals surface area contributed by atoms with Crippen molar-refractivity contribution >= 4 is 0 Å². The van der Waals surface area contributed by atoms with E-state index in [0.717, 1.165) is 13.0 Å². The van der Waals surface area contributed by atoms with Gasteiger partial charge in [0.05, 0.1) is 0 Å². The van der Waals surface area contributed by atoms with Crippen LogP contribution in [-0.2, 0) is 0 Å². The lowest BCUT2D eigenvalue weighted by atomic mass is 10.00. The normalized spacial score (nSPS) is 13.2. The van der Waals surface area contributed by atoms with E-state index in [-0.39, 0.29) is 6.04 Å². The van der Waals surface area contributed by atoms with Crippen molar-refractivity contribution in [2.45, 2.75) is 26.3 Å². The summed E-state index contributed by atoms with van der Waals surface area (Å²) in [5.74, 6) is 0. The lowest BCUT2D eigenvalue weighted by Gasteiger charge is -2.16. The Morgan fingerprint density at radius 2 is 1.67 bits per heavy atom. The molecule has 0 bridgehead atoms. The molecule has 0 aromatic heterocycles. The van der Waals surface area contributed by atoms with Crippen LogP contribution in [-0.4, -0.2) is 25.5 Å². The molecule has 84 valence electrons. The molecule has 0 radical (unpaired) electrons. The number of rotatable bonds is 4. The highest BCUT2D eigenvalue weighted by molar-refractivity contribution is 5.30. The van der Waals surface area contributed by atoms with Crippen molar-refractivity contribution in [3.05, 3.63) is 34.9 Å². The number of hydrogen-bond acceptors (Lipinski definition) is 2. The number of nitrogens with zero attached hydrogens (tertiary/aromatic N) is 1. The highest BCUT2D eigenvalue weighted by Crippen LogP contribution is 2.17. The Morgan fingerprint density at radius 1 is 1.13 bits per heavy atom. The van der Waals surface area contributed by atoms with Crippen LogP contribution in [0.3, 0.4) is 0 Å². The Kier molecular flexibility index (Phi) is 4.30. The predicted molar refractivity (Wildman–Crippen MR) is 66.0 cm³/mol. The zero-order valence-electron chi connectivity index (χ0n) is 10.2. The van der Waals surface area contributed by atoms with E-state index >= 15 is 0 Å². The van der Waals surface area contributed by atoms with Gasteiger partial charge in [-0.2, -0.15) is 0 Å². The maximum Gasteiger partial charge on any atom is 0.0307 e. The number of hydrogen-bond donors (Lipinski definition) is 1. The summed E-state index contributed by atoms with van der Waals surface area (Å²) in [6.45, 7) is 5.28. The first-order valence-electron chi connectivity index (χ1n) is 5.47. The summed E-state index contributed by atoms with van der Waals surface area (Å²) in [6, 6.07) is 6.72. The first-order valence-corrected chi connectivity index (χ1v) is 5.47. The molecule has 15 heavy (non-hydrogen) atoms. The molecular weight excluding hydrogens is 184 g/mol. The molecule has 1 rings (SSSR count). The van der Waals surface area contributed by atoms with Crippen LogP contribution in [0, 0.1) is 13.8 Å². The quantitative estimate of drug-likeness (QED) is 0.818. The highest BCUT2D eigenvalue weighted by atomic mass is 15.0. The van der Waals surface area contributed by atoms with Gasteiger partial charge in [0, 0.05) is 6.04 Å². The molecule has 0 aliphatic rings. The van der Waals surface area contributed by atoms with Gasteiger partial charge >= 0.3 is 0 Å². The monoisotopic (exact) mass is 206 g/mol. The molecule has 1 unspecified atom stereocenters. The molecular formula is C13H22N2. The van der Waals surface area contributed by atoms with Crippen LogP contribution in [0.15, 0.2) is 18.2 Å². The average Bonchev–Trinajstić information content (AvgIpc) is 2.12. The first-order chi connectivity index (χ1) is 6.99. The molecule has 0 amide bonds. The highest BCUT2D eigenvalue weighted by Gasteiger charge is 2.07. The molecule has 0 aliphatic carbocycles. The van der Waals surface area contributed by atoms with E-state index in [9.17, 15) is 0 Å². The largest absolute Gasteiger partial charge is 0.324 e. The van der Waals surface area contributed by atoms with Gasteiger partial charge in [0.2, 0.25) is 0 Å². The third-order valence-electron chi connectivity index (χ3n) is 2.56. The first kappa shape index (κ1) is 12.2. The van der Waals surface area contributed by atoms with Crippen LogP contribution in [0.4, 0.5) is 0 Å². The lowest BCUT2D eigenvalue weighted by molar-refractivity contribution is 0.382. The topological polar surface area (TPSA) is 29.3 Å². The second-order valence-electron chi connectivity index (χ2n) is 4.62. The summed E-state index contributed by atoms with van der Waals surface area (Å²) in [5.41, 5.74) is 10.0. The molecule has 0 aliphatic heterocycles. The van der Waals surface area contributed by atoms with Gasteiger partial charge in [0.15, 0.2) is 0 Å². The summed E-state index contributed by atoms with van der Waals surface area (Å²) in [6.07, 6.45) is 1.01. The number of aryl methyl sites for hydroxylation is 2. The predicted octanol–water partition coefficient (Wildman–Crippen LogP) is 2.25. The molecule has 1 atom stereocenters. The fourth-order valence-corrected chi connectivity index (χ4v) is 1.79.